The van der Waals surface area contributed by atoms with E-state index in [1.165, 1.54) is 0 Å². The molecule has 0 bridgehead atoms. The Morgan fingerprint density at radius 2 is 2.00 bits per heavy atom. The van der Waals surface area contributed by atoms with E-state index >= 15 is 0 Å². The van der Waals surface area contributed by atoms with Crippen LogP contribution in [0.5, 0.6) is 5.75 Å². The van der Waals surface area contributed by atoms with Crippen LogP contribution in [0.1, 0.15) is 32.6 Å². The number of carbonyl (C=O) groups is 2. The second-order valence-corrected chi connectivity index (χ2v) is 6.12. The lowest BCUT2D eigenvalue weighted by atomic mass is 9.84. The number of benzene rings is 1. The second-order valence-electron chi connectivity index (χ2n) is 5.68. The van der Waals surface area contributed by atoms with Gasteiger partial charge in [-0.2, -0.15) is 0 Å². The van der Waals surface area contributed by atoms with Crippen LogP contribution in [0.4, 0.5) is 0 Å². The van der Waals surface area contributed by atoms with Crippen LogP contribution < -0.4 is 10.1 Å². The molecule has 0 atom stereocenters. The minimum atomic E-state index is -0.894. The average Bonchev–Trinajstić information content (AvgIpc) is 2.50. The minimum absolute atomic E-state index is 0.138. The monoisotopic (exact) mass is 325 g/mol. The van der Waals surface area contributed by atoms with Crippen molar-refractivity contribution in [2.45, 2.75) is 38.3 Å². The first kappa shape index (κ1) is 16.6. The fraction of sp³-hybridized carbons (Fsp3) is 0.500. The van der Waals surface area contributed by atoms with Crippen molar-refractivity contribution in [2.75, 3.05) is 6.61 Å². The lowest BCUT2D eigenvalue weighted by Crippen LogP contribution is -2.53. The maximum Gasteiger partial charge on any atom is 0.295 e. The summed E-state index contributed by atoms with van der Waals surface area (Å²) in [6.45, 7) is 2.41. The van der Waals surface area contributed by atoms with E-state index in [-0.39, 0.29) is 12.5 Å². The molecule has 1 aromatic carbocycles. The van der Waals surface area contributed by atoms with Crippen LogP contribution in [0.3, 0.4) is 0 Å². The van der Waals surface area contributed by atoms with Gasteiger partial charge in [0.15, 0.2) is 12.3 Å². The van der Waals surface area contributed by atoms with E-state index in [2.05, 4.69) is 12.2 Å². The molecule has 0 aliphatic heterocycles. The third kappa shape index (κ3) is 4.63. The van der Waals surface area contributed by atoms with Crippen LogP contribution in [-0.2, 0) is 14.3 Å². The molecule has 2 rings (SSSR count). The van der Waals surface area contributed by atoms with Crippen molar-refractivity contribution in [3.05, 3.63) is 29.3 Å². The summed E-state index contributed by atoms with van der Waals surface area (Å²) in [6, 6.07) is 6.76. The normalized spacial score (nSPS) is 24.4. The zero-order chi connectivity index (χ0) is 16.0. The van der Waals surface area contributed by atoms with Crippen LogP contribution in [0, 0.1) is 5.92 Å². The maximum atomic E-state index is 12.1. The van der Waals surface area contributed by atoms with Crippen molar-refractivity contribution >= 4 is 24.0 Å². The van der Waals surface area contributed by atoms with E-state index in [0.29, 0.717) is 36.0 Å². The molecule has 1 fully saturated rings. The van der Waals surface area contributed by atoms with Gasteiger partial charge in [-0.1, -0.05) is 18.5 Å². The smallest absolute Gasteiger partial charge is 0.295 e. The Bertz CT molecular complexity index is 509. The second kappa shape index (κ2) is 7.49. The van der Waals surface area contributed by atoms with Gasteiger partial charge in [-0.05, 0) is 43.0 Å². The Hall–Kier alpha value is -1.75. The molecule has 0 heterocycles. The highest BCUT2D eigenvalue weighted by Crippen LogP contribution is 2.32. The molecule has 6 heteroatoms. The molecule has 120 valence electrons. The van der Waals surface area contributed by atoms with Gasteiger partial charge in [-0.15, -0.1) is 0 Å². The van der Waals surface area contributed by atoms with Crippen molar-refractivity contribution < 1.29 is 19.1 Å². The quantitative estimate of drug-likeness (QED) is 0.645. The van der Waals surface area contributed by atoms with Gasteiger partial charge in [0.2, 0.25) is 0 Å². The number of ether oxygens (including phenoxy) is 2. The van der Waals surface area contributed by atoms with Crippen molar-refractivity contribution in [2.24, 2.45) is 5.92 Å². The molecule has 1 amide bonds. The molecule has 0 radical (unpaired) electrons. The third-order valence-electron chi connectivity index (χ3n) is 3.91. The largest absolute Gasteiger partial charge is 0.484 e. The Balaban J connectivity index is 1.88. The van der Waals surface area contributed by atoms with E-state index < -0.39 is 5.72 Å². The van der Waals surface area contributed by atoms with E-state index in [1.54, 1.807) is 24.3 Å². The number of halogens is 1. The highest BCUT2D eigenvalue weighted by atomic mass is 35.5. The van der Waals surface area contributed by atoms with Crippen molar-refractivity contribution in [3.63, 3.8) is 0 Å². The Labute approximate surface area is 134 Å². The van der Waals surface area contributed by atoms with Crippen LogP contribution in [0.25, 0.3) is 0 Å². The third-order valence-corrected chi connectivity index (χ3v) is 4.16. The number of amides is 1. The average molecular weight is 326 g/mol. The van der Waals surface area contributed by atoms with Gasteiger partial charge in [-0.3, -0.25) is 9.59 Å². The molecule has 5 nitrogen and oxygen atoms in total. The standard InChI is InChI=1S/C16H20ClNO4/c1-12-6-8-16(9-7-12,22-11-19)18-15(20)10-21-14-4-2-13(17)3-5-14/h2-5,11-12H,6-10H2,1H3,(H,18,20). The van der Waals surface area contributed by atoms with Crippen LogP contribution in [-0.4, -0.2) is 24.7 Å². The number of carbonyl (C=O) groups excluding carboxylic acids is 2. The van der Waals surface area contributed by atoms with Crippen LogP contribution >= 0.6 is 11.6 Å². The number of rotatable bonds is 6. The summed E-state index contributed by atoms with van der Waals surface area (Å²) in [6.07, 6.45) is 3.07. The predicted molar refractivity (Wildman–Crippen MR) is 82.6 cm³/mol. The molecular formula is C16H20ClNO4. The van der Waals surface area contributed by atoms with E-state index in [4.69, 9.17) is 21.1 Å². The Kier molecular flexibility index (Phi) is 5.66. The van der Waals surface area contributed by atoms with E-state index in [1.807, 2.05) is 0 Å². The van der Waals surface area contributed by atoms with E-state index in [0.717, 1.165) is 12.8 Å². The summed E-state index contributed by atoms with van der Waals surface area (Å²) in [5, 5.41) is 3.40. The molecule has 22 heavy (non-hydrogen) atoms. The first-order valence-corrected chi connectivity index (χ1v) is 7.72. The fourth-order valence-electron chi connectivity index (χ4n) is 2.56. The van der Waals surface area contributed by atoms with Gasteiger partial charge in [0.05, 0.1) is 0 Å². The van der Waals surface area contributed by atoms with E-state index in [9.17, 15) is 9.59 Å². The van der Waals surface area contributed by atoms with Crippen molar-refractivity contribution in [3.8, 4) is 5.75 Å². The van der Waals surface area contributed by atoms with Crippen LogP contribution in [0.15, 0.2) is 24.3 Å². The highest BCUT2D eigenvalue weighted by molar-refractivity contribution is 6.30. The number of nitrogens with one attached hydrogen (secondary N) is 1. The Morgan fingerprint density at radius 1 is 1.36 bits per heavy atom. The number of hydrogen-bond acceptors (Lipinski definition) is 4. The number of hydrogen-bond donors (Lipinski definition) is 1. The van der Waals surface area contributed by atoms with Gasteiger partial charge < -0.3 is 14.8 Å². The molecule has 1 aliphatic rings. The highest BCUT2D eigenvalue weighted by Gasteiger charge is 2.37. The molecule has 1 saturated carbocycles. The first-order chi connectivity index (χ1) is 10.5. The SMILES string of the molecule is CC1CCC(NC(=O)COc2ccc(Cl)cc2)(OC=O)CC1. The molecule has 0 spiro atoms. The zero-order valence-corrected chi connectivity index (χ0v) is 13.3. The molecule has 0 unspecified atom stereocenters. The predicted octanol–water partition coefficient (Wildman–Crippen LogP) is 2.91. The lowest BCUT2D eigenvalue weighted by Gasteiger charge is -2.38. The van der Waals surface area contributed by atoms with Crippen molar-refractivity contribution in [1.82, 2.24) is 5.32 Å². The summed E-state index contributed by atoms with van der Waals surface area (Å²) in [7, 11) is 0. The summed E-state index contributed by atoms with van der Waals surface area (Å²) < 4.78 is 10.6. The topological polar surface area (TPSA) is 64.6 Å². The summed E-state index contributed by atoms with van der Waals surface area (Å²) in [4.78, 5) is 22.8. The fourth-order valence-corrected chi connectivity index (χ4v) is 2.69. The molecular weight excluding hydrogens is 306 g/mol. The van der Waals surface area contributed by atoms with Crippen LogP contribution in [0.2, 0.25) is 5.02 Å². The molecule has 0 saturated heterocycles. The van der Waals surface area contributed by atoms with Crippen molar-refractivity contribution in [1.29, 1.82) is 0 Å². The molecule has 1 aliphatic carbocycles. The summed E-state index contributed by atoms with van der Waals surface area (Å²) in [5.74, 6) is 0.819. The van der Waals surface area contributed by atoms with Gasteiger partial charge >= 0.3 is 0 Å². The van der Waals surface area contributed by atoms with Gasteiger partial charge in [0.1, 0.15) is 5.75 Å². The molecule has 1 aromatic rings. The van der Waals surface area contributed by atoms with Gasteiger partial charge in [0, 0.05) is 17.9 Å². The zero-order valence-electron chi connectivity index (χ0n) is 12.5. The first-order valence-electron chi connectivity index (χ1n) is 7.34. The maximum absolute atomic E-state index is 12.1. The summed E-state index contributed by atoms with van der Waals surface area (Å²) >= 11 is 5.78. The summed E-state index contributed by atoms with van der Waals surface area (Å²) in [5.41, 5.74) is -0.894. The van der Waals surface area contributed by atoms with Gasteiger partial charge in [0.25, 0.3) is 12.4 Å². The molecule has 0 aromatic heterocycles. The Morgan fingerprint density at radius 3 is 2.59 bits per heavy atom. The van der Waals surface area contributed by atoms with Gasteiger partial charge in [-0.25, -0.2) is 0 Å². The molecule has 1 N–H and O–H groups in total. The minimum Gasteiger partial charge on any atom is -0.484 e. The lowest BCUT2D eigenvalue weighted by molar-refractivity contribution is -0.157.